The maximum Gasteiger partial charge on any atom is 0.165 e. The molecule has 0 saturated heterocycles. The molecule has 0 fully saturated rings. The SMILES string of the molecule is CCOc1cccc(C(N)c2ccc(OC)c(F)c2)c1. The normalized spacial score (nSPS) is 12.0. The van der Waals surface area contributed by atoms with Crippen molar-refractivity contribution in [3.05, 3.63) is 59.4 Å². The fraction of sp³-hybridized carbons (Fsp3) is 0.250. The molecule has 0 saturated carbocycles. The maximum atomic E-state index is 13.7. The Labute approximate surface area is 118 Å². The van der Waals surface area contributed by atoms with Gasteiger partial charge < -0.3 is 15.2 Å². The van der Waals surface area contributed by atoms with E-state index in [1.165, 1.54) is 13.2 Å². The van der Waals surface area contributed by atoms with Crippen LogP contribution in [0.2, 0.25) is 0 Å². The van der Waals surface area contributed by atoms with Gasteiger partial charge in [0.05, 0.1) is 19.8 Å². The average Bonchev–Trinajstić information content (AvgIpc) is 2.47. The van der Waals surface area contributed by atoms with Crippen LogP contribution in [0.15, 0.2) is 42.5 Å². The molecule has 2 aromatic carbocycles. The van der Waals surface area contributed by atoms with E-state index in [1.54, 1.807) is 12.1 Å². The first kappa shape index (κ1) is 14.3. The highest BCUT2D eigenvalue weighted by molar-refractivity contribution is 5.38. The monoisotopic (exact) mass is 275 g/mol. The van der Waals surface area contributed by atoms with E-state index in [1.807, 2.05) is 31.2 Å². The van der Waals surface area contributed by atoms with Crippen LogP contribution in [0.3, 0.4) is 0 Å². The second kappa shape index (κ2) is 6.39. The lowest BCUT2D eigenvalue weighted by Gasteiger charge is -2.15. The summed E-state index contributed by atoms with van der Waals surface area (Å²) in [5.74, 6) is 0.555. The predicted molar refractivity (Wildman–Crippen MR) is 76.6 cm³/mol. The second-order valence-electron chi connectivity index (χ2n) is 4.38. The highest BCUT2D eigenvalue weighted by atomic mass is 19.1. The van der Waals surface area contributed by atoms with Crippen molar-refractivity contribution >= 4 is 0 Å². The van der Waals surface area contributed by atoms with Crippen molar-refractivity contribution in [3.63, 3.8) is 0 Å². The number of benzene rings is 2. The molecule has 106 valence electrons. The van der Waals surface area contributed by atoms with E-state index >= 15 is 0 Å². The molecule has 4 heteroatoms. The molecule has 2 N–H and O–H groups in total. The molecule has 0 heterocycles. The smallest absolute Gasteiger partial charge is 0.165 e. The van der Waals surface area contributed by atoms with Crippen molar-refractivity contribution in [3.8, 4) is 11.5 Å². The molecule has 0 radical (unpaired) electrons. The first-order valence-electron chi connectivity index (χ1n) is 6.47. The Morgan fingerprint density at radius 3 is 2.55 bits per heavy atom. The third-order valence-electron chi connectivity index (χ3n) is 3.06. The van der Waals surface area contributed by atoms with E-state index in [4.69, 9.17) is 15.2 Å². The number of ether oxygens (including phenoxy) is 2. The Bertz CT molecular complexity index is 586. The molecule has 3 nitrogen and oxygen atoms in total. The lowest BCUT2D eigenvalue weighted by molar-refractivity contribution is 0.340. The number of nitrogens with two attached hydrogens (primary N) is 1. The molecule has 0 aromatic heterocycles. The molecular weight excluding hydrogens is 257 g/mol. The molecular formula is C16H18FNO2. The van der Waals surface area contributed by atoms with Gasteiger partial charge in [0, 0.05) is 0 Å². The Morgan fingerprint density at radius 1 is 1.15 bits per heavy atom. The molecule has 0 aliphatic rings. The van der Waals surface area contributed by atoms with Gasteiger partial charge in [-0.25, -0.2) is 4.39 Å². The van der Waals surface area contributed by atoms with Crippen molar-refractivity contribution in [1.29, 1.82) is 0 Å². The van der Waals surface area contributed by atoms with Crippen LogP contribution >= 0.6 is 0 Å². The van der Waals surface area contributed by atoms with E-state index in [0.29, 0.717) is 12.2 Å². The van der Waals surface area contributed by atoms with Crippen molar-refractivity contribution in [1.82, 2.24) is 0 Å². The van der Waals surface area contributed by atoms with E-state index in [2.05, 4.69) is 0 Å². The average molecular weight is 275 g/mol. The number of hydrogen-bond donors (Lipinski definition) is 1. The first-order chi connectivity index (χ1) is 9.65. The minimum atomic E-state index is -0.415. The Balaban J connectivity index is 2.28. The van der Waals surface area contributed by atoms with Crippen LogP contribution in [0, 0.1) is 5.82 Å². The lowest BCUT2D eigenvalue weighted by atomic mass is 9.99. The van der Waals surface area contributed by atoms with E-state index in [9.17, 15) is 4.39 Å². The van der Waals surface area contributed by atoms with Gasteiger partial charge in [0.1, 0.15) is 5.75 Å². The molecule has 0 bridgehead atoms. The summed E-state index contributed by atoms with van der Waals surface area (Å²) in [7, 11) is 1.43. The molecule has 2 aromatic rings. The molecule has 2 rings (SSSR count). The largest absolute Gasteiger partial charge is 0.494 e. The number of methoxy groups -OCH3 is 1. The highest BCUT2D eigenvalue weighted by Crippen LogP contribution is 2.26. The topological polar surface area (TPSA) is 44.5 Å². The third-order valence-corrected chi connectivity index (χ3v) is 3.06. The zero-order valence-corrected chi connectivity index (χ0v) is 11.6. The first-order valence-corrected chi connectivity index (χ1v) is 6.47. The third kappa shape index (κ3) is 3.08. The van der Waals surface area contributed by atoms with Gasteiger partial charge in [-0.3, -0.25) is 0 Å². The van der Waals surface area contributed by atoms with Crippen LogP contribution in [-0.2, 0) is 0 Å². The van der Waals surface area contributed by atoms with Crippen LogP contribution in [0.25, 0.3) is 0 Å². The van der Waals surface area contributed by atoms with Gasteiger partial charge in [0.2, 0.25) is 0 Å². The maximum absolute atomic E-state index is 13.7. The van der Waals surface area contributed by atoms with E-state index < -0.39 is 11.9 Å². The van der Waals surface area contributed by atoms with E-state index in [-0.39, 0.29) is 5.75 Å². The summed E-state index contributed by atoms with van der Waals surface area (Å²) in [6.07, 6.45) is 0. The zero-order valence-electron chi connectivity index (χ0n) is 11.6. The van der Waals surface area contributed by atoms with Crippen LogP contribution in [0.1, 0.15) is 24.1 Å². The van der Waals surface area contributed by atoms with Crippen molar-refractivity contribution in [2.45, 2.75) is 13.0 Å². The quantitative estimate of drug-likeness (QED) is 0.910. The molecule has 0 spiro atoms. The number of hydrogen-bond acceptors (Lipinski definition) is 3. The molecule has 20 heavy (non-hydrogen) atoms. The Kier molecular flexibility index (Phi) is 4.58. The van der Waals surface area contributed by atoms with Gasteiger partial charge in [-0.15, -0.1) is 0 Å². The summed E-state index contributed by atoms with van der Waals surface area (Å²) < 4.78 is 24.1. The van der Waals surface area contributed by atoms with Gasteiger partial charge in [0.25, 0.3) is 0 Å². The number of halogens is 1. The summed E-state index contributed by atoms with van der Waals surface area (Å²) in [6, 6.07) is 11.9. The van der Waals surface area contributed by atoms with Gasteiger partial charge >= 0.3 is 0 Å². The predicted octanol–water partition coefficient (Wildman–Crippen LogP) is 3.28. The fourth-order valence-corrected chi connectivity index (χ4v) is 2.03. The lowest BCUT2D eigenvalue weighted by Crippen LogP contribution is -2.12. The van der Waals surface area contributed by atoms with Gasteiger partial charge in [-0.05, 0) is 42.3 Å². The molecule has 0 aliphatic carbocycles. The summed E-state index contributed by atoms with van der Waals surface area (Å²) in [5, 5.41) is 0. The molecule has 0 aliphatic heterocycles. The second-order valence-corrected chi connectivity index (χ2v) is 4.38. The summed E-state index contributed by atoms with van der Waals surface area (Å²) in [5.41, 5.74) is 7.75. The van der Waals surface area contributed by atoms with Crippen LogP contribution in [-0.4, -0.2) is 13.7 Å². The Morgan fingerprint density at radius 2 is 1.90 bits per heavy atom. The van der Waals surface area contributed by atoms with Crippen LogP contribution < -0.4 is 15.2 Å². The van der Waals surface area contributed by atoms with E-state index in [0.717, 1.165) is 11.3 Å². The Hall–Kier alpha value is -2.07. The van der Waals surface area contributed by atoms with Gasteiger partial charge in [-0.2, -0.15) is 0 Å². The zero-order chi connectivity index (χ0) is 14.5. The van der Waals surface area contributed by atoms with Gasteiger partial charge in [-0.1, -0.05) is 18.2 Å². The summed E-state index contributed by atoms with van der Waals surface area (Å²) in [4.78, 5) is 0. The van der Waals surface area contributed by atoms with Crippen molar-refractivity contribution in [2.75, 3.05) is 13.7 Å². The summed E-state index contributed by atoms with van der Waals surface area (Å²) >= 11 is 0. The minimum absolute atomic E-state index is 0.212. The van der Waals surface area contributed by atoms with Crippen molar-refractivity contribution in [2.24, 2.45) is 5.73 Å². The van der Waals surface area contributed by atoms with Gasteiger partial charge in [0.15, 0.2) is 11.6 Å². The van der Waals surface area contributed by atoms with Crippen molar-refractivity contribution < 1.29 is 13.9 Å². The molecule has 0 amide bonds. The molecule has 1 atom stereocenters. The molecule has 1 unspecified atom stereocenters. The van der Waals surface area contributed by atoms with Crippen LogP contribution in [0.4, 0.5) is 4.39 Å². The highest BCUT2D eigenvalue weighted by Gasteiger charge is 2.12. The standard InChI is InChI=1S/C16H18FNO2/c1-3-20-13-6-4-5-11(9-13)16(18)12-7-8-15(19-2)14(17)10-12/h4-10,16H,3,18H2,1-2H3. The fourth-order valence-electron chi connectivity index (χ4n) is 2.03. The van der Waals surface area contributed by atoms with Crippen LogP contribution in [0.5, 0.6) is 11.5 Å². The number of rotatable bonds is 5. The summed E-state index contributed by atoms with van der Waals surface area (Å²) in [6.45, 7) is 2.52. The minimum Gasteiger partial charge on any atom is -0.494 e.